The van der Waals surface area contributed by atoms with E-state index in [0.717, 1.165) is 20.8 Å². The molecule has 0 unspecified atom stereocenters. The minimum Gasteiger partial charge on any atom is -0.378 e. The molecular weight excluding hydrogens is 334 g/mol. The molecule has 3 aromatic rings. The molecule has 0 aliphatic heterocycles. The van der Waals surface area contributed by atoms with Gasteiger partial charge in [-0.1, -0.05) is 11.6 Å². The summed E-state index contributed by atoms with van der Waals surface area (Å²) in [4.78, 5) is 5.52. The molecule has 0 atom stereocenters. The highest BCUT2D eigenvalue weighted by Crippen LogP contribution is 2.26. The first-order valence-electron chi connectivity index (χ1n) is 5.32. The van der Waals surface area contributed by atoms with Gasteiger partial charge >= 0.3 is 0 Å². The van der Waals surface area contributed by atoms with Crippen LogP contribution in [0.3, 0.4) is 0 Å². The average Bonchev–Trinajstić information content (AvgIpc) is 2.90. The van der Waals surface area contributed by atoms with E-state index in [-0.39, 0.29) is 0 Å². The monoisotopic (exact) mass is 341 g/mol. The molecule has 1 aromatic carbocycles. The molecule has 0 fully saturated rings. The summed E-state index contributed by atoms with van der Waals surface area (Å²) < 4.78 is 3.02. The van der Waals surface area contributed by atoms with E-state index in [9.17, 15) is 0 Å². The maximum absolute atomic E-state index is 5.97. The molecule has 0 amide bonds. The Labute approximate surface area is 122 Å². The molecule has 0 spiro atoms. The minimum atomic E-state index is 0.674. The summed E-state index contributed by atoms with van der Waals surface area (Å²) in [5.41, 5.74) is 1.98. The maximum Gasteiger partial charge on any atom is 0.193 e. The van der Waals surface area contributed by atoms with Gasteiger partial charge in [0.05, 0.1) is 17.9 Å². The zero-order valence-corrected chi connectivity index (χ0v) is 12.4. The Morgan fingerprint density at radius 3 is 3.17 bits per heavy atom. The molecule has 0 aliphatic carbocycles. The summed E-state index contributed by atoms with van der Waals surface area (Å²) in [6, 6.07) is 5.67. The maximum atomic E-state index is 5.97. The van der Waals surface area contributed by atoms with Gasteiger partial charge in [0.2, 0.25) is 0 Å². The number of thiazole rings is 1. The first-order chi connectivity index (χ1) is 8.72. The number of hydrogen-bond donors (Lipinski definition) is 1. The van der Waals surface area contributed by atoms with Crippen LogP contribution in [0, 0.1) is 0 Å². The van der Waals surface area contributed by atoms with Gasteiger partial charge in [-0.3, -0.25) is 4.40 Å². The predicted octanol–water partition coefficient (Wildman–Crippen LogP) is 4.42. The fourth-order valence-electron chi connectivity index (χ4n) is 1.68. The zero-order chi connectivity index (χ0) is 12.5. The van der Waals surface area contributed by atoms with E-state index >= 15 is 0 Å². The van der Waals surface area contributed by atoms with Crippen molar-refractivity contribution >= 4 is 49.5 Å². The summed E-state index contributed by atoms with van der Waals surface area (Å²) in [6.07, 6.45) is 4.03. The van der Waals surface area contributed by atoms with Gasteiger partial charge in [0.25, 0.3) is 0 Å². The molecule has 0 saturated carbocycles. The van der Waals surface area contributed by atoms with E-state index in [1.54, 1.807) is 11.3 Å². The highest BCUT2D eigenvalue weighted by atomic mass is 79.9. The largest absolute Gasteiger partial charge is 0.378 e. The minimum absolute atomic E-state index is 0.674. The highest BCUT2D eigenvalue weighted by Gasteiger charge is 2.04. The van der Waals surface area contributed by atoms with E-state index in [0.29, 0.717) is 11.6 Å². The predicted molar refractivity (Wildman–Crippen MR) is 79.5 cm³/mol. The molecule has 92 valence electrons. The molecule has 2 aromatic heterocycles. The summed E-state index contributed by atoms with van der Waals surface area (Å²) in [5, 5.41) is 6.05. The quantitative estimate of drug-likeness (QED) is 0.763. The van der Waals surface area contributed by atoms with Crippen LogP contribution < -0.4 is 5.32 Å². The van der Waals surface area contributed by atoms with E-state index in [1.807, 2.05) is 40.4 Å². The van der Waals surface area contributed by atoms with Crippen molar-refractivity contribution in [3.8, 4) is 0 Å². The normalized spacial score (nSPS) is 11.0. The van der Waals surface area contributed by atoms with Gasteiger partial charge in [-0.15, -0.1) is 11.3 Å². The number of aromatic nitrogens is 2. The van der Waals surface area contributed by atoms with Crippen molar-refractivity contribution in [2.24, 2.45) is 0 Å². The molecule has 0 bridgehead atoms. The molecule has 0 saturated heterocycles. The van der Waals surface area contributed by atoms with Crippen molar-refractivity contribution < 1.29 is 0 Å². The van der Waals surface area contributed by atoms with Crippen LogP contribution in [0.4, 0.5) is 5.69 Å². The van der Waals surface area contributed by atoms with Crippen molar-refractivity contribution in [3.05, 3.63) is 51.2 Å². The van der Waals surface area contributed by atoms with Gasteiger partial charge in [0.1, 0.15) is 0 Å². The Morgan fingerprint density at radius 2 is 2.33 bits per heavy atom. The lowest BCUT2D eigenvalue weighted by Crippen LogP contribution is -2.00. The molecule has 6 heteroatoms. The Balaban J connectivity index is 1.77. The van der Waals surface area contributed by atoms with E-state index in [4.69, 9.17) is 11.6 Å². The van der Waals surface area contributed by atoms with Gasteiger partial charge < -0.3 is 5.32 Å². The van der Waals surface area contributed by atoms with Crippen LogP contribution in [0.1, 0.15) is 5.69 Å². The van der Waals surface area contributed by atoms with Crippen molar-refractivity contribution in [1.29, 1.82) is 0 Å². The summed E-state index contributed by atoms with van der Waals surface area (Å²) >= 11 is 11.1. The van der Waals surface area contributed by atoms with Crippen LogP contribution >= 0.6 is 38.9 Å². The molecule has 0 radical (unpaired) electrons. The third-order valence-corrected chi connectivity index (χ3v) is 4.23. The first-order valence-corrected chi connectivity index (χ1v) is 7.37. The van der Waals surface area contributed by atoms with Crippen molar-refractivity contribution in [2.45, 2.75) is 6.54 Å². The number of benzene rings is 1. The smallest absolute Gasteiger partial charge is 0.193 e. The number of imidazole rings is 1. The van der Waals surface area contributed by atoms with Gasteiger partial charge in [0.15, 0.2) is 4.96 Å². The summed E-state index contributed by atoms with van der Waals surface area (Å²) in [6.45, 7) is 0.674. The fraction of sp³-hybridized carbons (Fsp3) is 0.0833. The molecule has 1 N–H and O–H groups in total. The number of rotatable bonds is 3. The zero-order valence-electron chi connectivity index (χ0n) is 9.23. The van der Waals surface area contributed by atoms with Gasteiger partial charge in [-0.2, -0.15) is 0 Å². The van der Waals surface area contributed by atoms with Crippen molar-refractivity contribution in [3.63, 3.8) is 0 Å². The lowest BCUT2D eigenvalue weighted by Gasteiger charge is -2.07. The number of hydrogen-bond acceptors (Lipinski definition) is 3. The van der Waals surface area contributed by atoms with E-state index in [1.165, 1.54) is 0 Å². The summed E-state index contributed by atoms with van der Waals surface area (Å²) in [5.74, 6) is 0. The van der Waals surface area contributed by atoms with Crippen LogP contribution in [0.2, 0.25) is 5.02 Å². The second-order valence-electron chi connectivity index (χ2n) is 3.80. The number of nitrogens with one attached hydrogen (secondary N) is 1. The van der Waals surface area contributed by atoms with Gasteiger partial charge in [-0.25, -0.2) is 4.98 Å². The van der Waals surface area contributed by atoms with Crippen molar-refractivity contribution in [2.75, 3.05) is 5.32 Å². The number of nitrogens with zero attached hydrogens (tertiary/aromatic N) is 2. The SMILES string of the molecule is Clc1ccc(Br)c(NCc2cn3ccsc3n2)c1. The molecule has 2 heterocycles. The van der Waals surface area contributed by atoms with Crippen LogP contribution in [-0.4, -0.2) is 9.38 Å². The lowest BCUT2D eigenvalue weighted by molar-refractivity contribution is 1.08. The van der Waals surface area contributed by atoms with Crippen LogP contribution in [-0.2, 0) is 6.54 Å². The Kier molecular flexibility index (Phi) is 3.28. The second-order valence-corrected chi connectivity index (χ2v) is 5.97. The van der Waals surface area contributed by atoms with Gasteiger partial charge in [0, 0.05) is 27.3 Å². The topological polar surface area (TPSA) is 29.3 Å². The van der Waals surface area contributed by atoms with Crippen LogP contribution in [0.25, 0.3) is 4.96 Å². The number of halogens is 2. The first kappa shape index (κ1) is 12.0. The van der Waals surface area contributed by atoms with Gasteiger partial charge in [-0.05, 0) is 34.1 Å². The number of anilines is 1. The molecule has 0 aliphatic rings. The third-order valence-electron chi connectivity index (χ3n) is 2.53. The van der Waals surface area contributed by atoms with Crippen LogP contribution in [0.15, 0.2) is 40.4 Å². The molecular formula is C12H9BrClN3S. The standard InChI is InChI=1S/C12H9BrClN3S/c13-10-2-1-8(14)5-11(10)15-6-9-7-17-3-4-18-12(17)16-9/h1-5,7,15H,6H2. The lowest BCUT2D eigenvalue weighted by atomic mass is 10.3. The third kappa shape index (κ3) is 2.39. The second kappa shape index (κ2) is 4.91. The van der Waals surface area contributed by atoms with E-state index < -0.39 is 0 Å². The Bertz CT molecular complexity index is 663. The average molecular weight is 343 g/mol. The molecule has 3 rings (SSSR count). The number of fused-ring (bicyclic) bond motifs is 1. The molecule has 18 heavy (non-hydrogen) atoms. The fourth-order valence-corrected chi connectivity index (χ4v) is 2.96. The van der Waals surface area contributed by atoms with E-state index in [2.05, 4.69) is 26.2 Å². The Hall–Kier alpha value is -1.04. The Morgan fingerprint density at radius 1 is 1.44 bits per heavy atom. The summed E-state index contributed by atoms with van der Waals surface area (Å²) in [7, 11) is 0. The van der Waals surface area contributed by atoms with Crippen molar-refractivity contribution in [1.82, 2.24) is 9.38 Å². The van der Waals surface area contributed by atoms with Crippen LogP contribution in [0.5, 0.6) is 0 Å². The highest BCUT2D eigenvalue weighted by molar-refractivity contribution is 9.10. The molecule has 3 nitrogen and oxygen atoms in total.